The summed E-state index contributed by atoms with van der Waals surface area (Å²) in [7, 11) is 0. The van der Waals surface area contributed by atoms with Crippen molar-refractivity contribution < 1.29 is 87.3 Å². The Balaban J connectivity index is 0. The van der Waals surface area contributed by atoms with E-state index in [1.165, 1.54) is 51.9 Å². The summed E-state index contributed by atoms with van der Waals surface area (Å²) in [4.78, 5) is 115. The lowest BCUT2D eigenvalue weighted by Crippen LogP contribution is -2.41. The molecule has 0 fully saturated rings. The number of aliphatic carboxylic acids is 4. The fourth-order valence-corrected chi connectivity index (χ4v) is 6.89. The molecule has 0 saturated heterocycles. The van der Waals surface area contributed by atoms with Crippen molar-refractivity contribution in [2.75, 3.05) is 59.4 Å². The Morgan fingerprint density at radius 2 is 0.915 bits per heavy atom. The van der Waals surface area contributed by atoms with Crippen molar-refractivity contribution in [1.82, 2.24) is 16.0 Å². The topological polar surface area (TPSA) is 325 Å². The van der Waals surface area contributed by atoms with Gasteiger partial charge in [-0.15, -0.1) is 0 Å². The first-order valence-electron chi connectivity index (χ1n) is 25.5. The highest BCUT2D eigenvalue weighted by atomic mass is 16.5. The summed E-state index contributed by atoms with van der Waals surface area (Å²) < 4.78 is 20.5. The Morgan fingerprint density at radius 3 is 1.41 bits per heavy atom. The molecule has 21 nitrogen and oxygen atoms in total. The number of carbonyl (C=O) groups excluding carboxylic acids is 6. The minimum Gasteiger partial charge on any atom is -0.481 e. The first kappa shape index (κ1) is 68.2. The number of hydrogen-bond acceptors (Lipinski definition) is 14. The molecule has 0 heterocycles. The maximum Gasteiger partial charge on any atom is 0.326 e. The van der Waals surface area contributed by atoms with Crippen molar-refractivity contribution in [3.8, 4) is 0 Å². The van der Waals surface area contributed by atoms with Crippen LogP contribution in [0, 0.1) is 5.92 Å². The van der Waals surface area contributed by atoms with E-state index in [1.54, 1.807) is 6.92 Å². The average molecular weight is 1020 g/mol. The number of nitrogens with one attached hydrogen (secondary N) is 3. The van der Waals surface area contributed by atoms with Crippen LogP contribution in [0.3, 0.4) is 0 Å². The molecule has 71 heavy (non-hydrogen) atoms. The molecule has 410 valence electrons. The van der Waals surface area contributed by atoms with E-state index in [2.05, 4.69) is 16.0 Å². The van der Waals surface area contributed by atoms with E-state index < -0.39 is 53.6 Å². The number of amides is 3. The van der Waals surface area contributed by atoms with Crippen molar-refractivity contribution in [2.24, 2.45) is 5.92 Å². The lowest BCUT2D eigenvalue weighted by atomic mass is 9.97. The molecular weight excluding hydrogens is 931 g/mol. The third-order valence-corrected chi connectivity index (χ3v) is 10.9. The molecule has 0 aromatic rings. The Hall–Kier alpha value is -4.86. The van der Waals surface area contributed by atoms with E-state index in [0.29, 0.717) is 45.6 Å². The van der Waals surface area contributed by atoms with Crippen LogP contribution < -0.4 is 16.0 Å². The van der Waals surface area contributed by atoms with Crippen LogP contribution in [0.25, 0.3) is 0 Å². The summed E-state index contributed by atoms with van der Waals surface area (Å²) in [6, 6.07) is -2.26. The smallest absolute Gasteiger partial charge is 0.326 e. The number of hydrogen-bond donors (Lipinski definition) is 7. The van der Waals surface area contributed by atoms with Crippen LogP contribution in [0.15, 0.2) is 0 Å². The summed E-state index contributed by atoms with van der Waals surface area (Å²) in [5.41, 5.74) is 0. The average Bonchev–Trinajstić information content (AvgIpc) is 3.31. The highest BCUT2D eigenvalue weighted by Gasteiger charge is 2.25. The van der Waals surface area contributed by atoms with Gasteiger partial charge in [-0.2, -0.15) is 0 Å². The minimum absolute atomic E-state index is 0.000154. The van der Waals surface area contributed by atoms with Gasteiger partial charge in [0.1, 0.15) is 36.9 Å². The zero-order valence-corrected chi connectivity index (χ0v) is 42.8. The molecule has 21 heteroatoms. The van der Waals surface area contributed by atoms with Gasteiger partial charge in [0.2, 0.25) is 17.7 Å². The molecule has 3 amide bonds. The second-order valence-corrected chi connectivity index (χ2v) is 17.3. The Kier molecular flexibility index (Phi) is 45.6. The van der Waals surface area contributed by atoms with Gasteiger partial charge >= 0.3 is 23.9 Å². The normalized spacial score (nSPS) is 12.1. The second-order valence-electron chi connectivity index (χ2n) is 17.3. The number of carbonyl (C=O) groups is 10. The van der Waals surface area contributed by atoms with Crippen LogP contribution in [0.2, 0.25) is 0 Å². The molecule has 7 N–H and O–H groups in total. The maximum absolute atomic E-state index is 12.1. The van der Waals surface area contributed by atoms with Gasteiger partial charge in [-0.3, -0.25) is 33.6 Å². The third kappa shape index (κ3) is 47.2. The predicted octanol–water partition coefficient (Wildman–Crippen LogP) is 5.60. The molecule has 0 aliphatic rings. The van der Waals surface area contributed by atoms with E-state index in [-0.39, 0.29) is 108 Å². The van der Waals surface area contributed by atoms with E-state index in [1.807, 2.05) is 6.92 Å². The molecule has 3 atom stereocenters. The molecule has 0 aliphatic carbocycles. The Labute approximate surface area is 420 Å². The zero-order chi connectivity index (χ0) is 53.5. The van der Waals surface area contributed by atoms with Crippen LogP contribution >= 0.6 is 0 Å². The molecular formula is C50H87N3O18. The molecule has 0 rings (SSSR count). The van der Waals surface area contributed by atoms with Gasteiger partial charge in [-0.25, -0.2) is 9.59 Å². The van der Waals surface area contributed by atoms with Crippen molar-refractivity contribution in [2.45, 2.75) is 193 Å². The number of unbranched alkanes of at least 4 members (excludes halogenated alkanes) is 13. The fraction of sp³-hybridized carbons (Fsp3) is 0.800. The summed E-state index contributed by atoms with van der Waals surface area (Å²) in [5.74, 6) is -7.35. The molecule has 0 aromatic carbocycles. The van der Waals surface area contributed by atoms with Crippen LogP contribution in [0.1, 0.15) is 181 Å². The minimum atomic E-state index is -1.29. The largest absolute Gasteiger partial charge is 0.481 e. The van der Waals surface area contributed by atoms with Crippen molar-refractivity contribution in [1.29, 1.82) is 0 Å². The number of ether oxygens (including phenoxy) is 4. The Morgan fingerprint density at radius 1 is 0.423 bits per heavy atom. The number of carboxylic acid groups (broad SMARTS) is 4. The monoisotopic (exact) mass is 1020 g/mol. The molecule has 0 saturated carbocycles. The summed E-state index contributed by atoms with van der Waals surface area (Å²) in [6.45, 7) is 7.03. The highest BCUT2D eigenvalue weighted by molar-refractivity contribution is 5.87. The van der Waals surface area contributed by atoms with E-state index in [0.717, 1.165) is 44.9 Å². The van der Waals surface area contributed by atoms with Gasteiger partial charge in [-0.1, -0.05) is 77.0 Å². The van der Waals surface area contributed by atoms with Gasteiger partial charge < -0.3 is 60.1 Å². The molecule has 0 aromatic heterocycles. The van der Waals surface area contributed by atoms with E-state index in [9.17, 15) is 58.2 Å². The zero-order valence-electron chi connectivity index (χ0n) is 42.8. The van der Waals surface area contributed by atoms with E-state index >= 15 is 0 Å². The van der Waals surface area contributed by atoms with Gasteiger partial charge in [0, 0.05) is 71.3 Å². The first-order chi connectivity index (χ1) is 33.9. The third-order valence-electron chi connectivity index (χ3n) is 10.9. The molecule has 0 bridgehead atoms. The summed E-state index contributed by atoms with van der Waals surface area (Å²) >= 11 is 0. The Bertz CT molecular complexity index is 1530. The number of rotatable bonds is 49. The van der Waals surface area contributed by atoms with Crippen LogP contribution in [0.5, 0.6) is 0 Å². The number of Topliss-reactive ketones (excluding diaryl/α,β-unsaturated/α-hetero) is 3. The molecule has 0 aliphatic heterocycles. The molecule has 0 spiro atoms. The fourth-order valence-electron chi connectivity index (χ4n) is 6.89. The number of carboxylic acids is 4. The van der Waals surface area contributed by atoms with Crippen LogP contribution in [-0.4, -0.2) is 151 Å². The van der Waals surface area contributed by atoms with Gasteiger partial charge in [-0.05, 0) is 59.3 Å². The standard InChI is InChI=1S/C28H51NO7.C22H36N2O11/c1-2-36-23-17-18-24(30)21-22-25(28(34)35)29-26(31)19-15-13-11-9-7-5-3-4-6-8-10-12-14-16-20-27(32)33;1-3-33-14-20(28)23-8-9-34-10-11-35-13-17(26)12-16(21(29)30)5-7-19(27)24-18(22(31)32)6-4-15(2)25/h25H,2-23H2,1H3,(H,29,31)(H,32,33)(H,34,35);16,18H,3-14H2,1-2H3,(H,23,28)(H,24,27)(H,29,30)(H,31,32)/t;16-,18+/m.1/s1. The lowest BCUT2D eigenvalue weighted by Gasteiger charge is -2.15. The highest BCUT2D eigenvalue weighted by Crippen LogP contribution is 2.15. The number of ketones is 3. The van der Waals surface area contributed by atoms with Crippen molar-refractivity contribution >= 4 is 58.9 Å². The lowest BCUT2D eigenvalue weighted by molar-refractivity contribution is -0.145. The quantitative estimate of drug-likeness (QED) is 0.0365. The van der Waals surface area contributed by atoms with E-state index in [4.69, 9.17) is 29.2 Å². The molecule has 1 unspecified atom stereocenters. The first-order valence-corrected chi connectivity index (χ1v) is 25.5. The summed E-state index contributed by atoms with van der Waals surface area (Å²) in [6.07, 6.45) is 16.6. The molecule has 0 radical (unpaired) electrons. The maximum atomic E-state index is 12.1. The SMILES string of the molecule is CCOCC(=O)NCCOCCOCC(=O)C[C@@H](CCC(=O)N[C@@H](CCC(C)=O)C(=O)O)C(=O)O.CCOCCCC(=O)CCC(NC(=O)CCCCCCCCCCCCCCCCC(=O)O)C(=O)O. The van der Waals surface area contributed by atoms with Gasteiger partial charge in [0.15, 0.2) is 5.78 Å². The summed E-state index contributed by atoms with van der Waals surface area (Å²) in [5, 5.41) is 43.8. The van der Waals surface area contributed by atoms with Crippen LogP contribution in [0.4, 0.5) is 0 Å². The van der Waals surface area contributed by atoms with Crippen molar-refractivity contribution in [3.05, 3.63) is 0 Å². The predicted molar refractivity (Wildman–Crippen MR) is 262 cm³/mol. The van der Waals surface area contributed by atoms with Gasteiger partial charge in [0.25, 0.3) is 0 Å². The van der Waals surface area contributed by atoms with Gasteiger partial charge in [0.05, 0.1) is 25.7 Å². The second kappa shape index (κ2) is 47.5. The van der Waals surface area contributed by atoms with Crippen LogP contribution in [-0.2, 0) is 66.9 Å². The van der Waals surface area contributed by atoms with Crippen molar-refractivity contribution in [3.63, 3.8) is 0 Å².